The molecule has 0 bridgehead atoms. The average Bonchev–Trinajstić information content (AvgIpc) is 2.75. The predicted molar refractivity (Wildman–Crippen MR) is 119 cm³/mol. The molecular weight excluding hydrogens is 407 g/mol. The number of hydrogen-bond acceptors (Lipinski definition) is 6. The van der Waals surface area contributed by atoms with Gasteiger partial charge < -0.3 is 20.3 Å². The van der Waals surface area contributed by atoms with Crippen LogP contribution in [0, 0.1) is 5.82 Å². The lowest BCUT2D eigenvalue weighted by Gasteiger charge is -2.18. The molecule has 0 radical (unpaired) electrons. The SMILES string of the molecule is C=N/N=C(\OCC(F)F)c1ccc(CNCCN(C)CCNc2ccccc2)c(F)c1. The van der Waals surface area contributed by atoms with Crippen LogP contribution in [0.3, 0.4) is 0 Å². The molecule has 2 aromatic rings. The molecule has 0 fully saturated rings. The van der Waals surface area contributed by atoms with Gasteiger partial charge in [-0.1, -0.05) is 24.3 Å². The van der Waals surface area contributed by atoms with E-state index in [4.69, 9.17) is 4.74 Å². The molecule has 31 heavy (non-hydrogen) atoms. The van der Waals surface area contributed by atoms with Crippen molar-refractivity contribution in [3.05, 3.63) is 65.5 Å². The molecule has 6 nitrogen and oxygen atoms in total. The molecule has 0 spiro atoms. The Bertz CT molecular complexity index is 833. The van der Waals surface area contributed by atoms with E-state index in [1.165, 1.54) is 6.07 Å². The Hall–Kier alpha value is -2.91. The summed E-state index contributed by atoms with van der Waals surface area (Å²) in [6, 6.07) is 14.3. The maximum atomic E-state index is 14.4. The van der Waals surface area contributed by atoms with E-state index < -0.39 is 18.8 Å². The first kappa shape index (κ1) is 24.4. The van der Waals surface area contributed by atoms with Gasteiger partial charge in [-0.2, -0.15) is 5.10 Å². The topological polar surface area (TPSA) is 61.3 Å². The fraction of sp³-hybridized carbons (Fsp3) is 0.364. The van der Waals surface area contributed by atoms with Crippen LogP contribution in [-0.4, -0.2) is 63.8 Å². The van der Waals surface area contributed by atoms with E-state index in [9.17, 15) is 13.2 Å². The maximum absolute atomic E-state index is 14.4. The summed E-state index contributed by atoms with van der Waals surface area (Å²) in [5.41, 5.74) is 1.77. The van der Waals surface area contributed by atoms with Crippen LogP contribution in [0.5, 0.6) is 0 Å². The van der Waals surface area contributed by atoms with Crippen LogP contribution >= 0.6 is 0 Å². The van der Waals surface area contributed by atoms with Crippen molar-refractivity contribution in [2.45, 2.75) is 13.0 Å². The number of halogens is 3. The second-order valence-electron chi connectivity index (χ2n) is 6.83. The zero-order valence-electron chi connectivity index (χ0n) is 17.5. The van der Waals surface area contributed by atoms with Crippen LogP contribution in [0.2, 0.25) is 0 Å². The second-order valence-corrected chi connectivity index (χ2v) is 6.83. The van der Waals surface area contributed by atoms with E-state index in [0.717, 1.165) is 25.3 Å². The van der Waals surface area contributed by atoms with E-state index >= 15 is 0 Å². The van der Waals surface area contributed by atoms with Gasteiger partial charge in [0, 0.05) is 56.3 Å². The number of para-hydroxylation sites is 1. The number of alkyl halides is 2. The van der Waals surface area contributed by atoms with Crippen molar-refractivity contribution in [2.75, 3.05) is 45.2 Å². The molecule has 0 heterocycles. The van der Waals surface area contributed by atoms with Gasteiger partial charge in [0.25, 0.3) is 6.43 Å². The molecule has 0 atom stereocenters. The average molecular weight is 435 g/mol. The summed E-state index contributed by atoms with van der Waals surface area (Å²) >= 11 is 0. The Kier molecular flexibility index (Phi) is 10.5. The first-order chi connectivity index (χ1) is 15.0. The van der Waals surface area contributed by atoms with Crippen LogP contribution in [0.15, 0.2) is 58.7 Å². The number of ether oxygens (including phenoxy) is 1. The van der Waals surface area contributed by atoms with Gasteiger partial charge in [0.2, 0.25) is 5.90 Å². The summed E-state index contributed by atoms with van der Waals surface area (Å²) < 4.78 is 44.0. The summed E-state index contributed by atoms with van der Waals surface area (Å²) in [4.78, 5) is 2.17. The summed E-state index contributed by atoms with van der Waals surface area (Å²) in [5, 5.41) is 13.4. The minimum absolute atomic E-state index is 0.195. The molecule has 2 rings (SSSR count). The molecule has 168 valence electrons. The van der Waals surface area contributed by atoms with Gasteiger partial charge in [-0.3, -0.25) is 0 Å². The Balaban J connectivity index is 1.74. The molecule has 2 aromatic carbocycles. The lowest BCUT2D eigenvalue weighted by atomic mass is 10.1. The number of nitrogens with one attached hydrogen (secondary N) is 2. The van der Waals surface area contributed by atoms with Gasteiger partial charge in [0.1, 0.15) is 5.82 Å². The normalized spacial score (nSPS) is 11.7. The lowest BCUT2D eigenvalue weighted by Crippen LogP contribution is -2.32. The minimum Gasteiger partial charge on any atom is -0.470 e. The molecule has 0 saturated carbocycles. The van der Waals surface area contributed by atoms with E-state index in [-0.39, 0.29) is 11.5 Å². The summed E-state index contributed by atoms with van der Waals surface area (Å²) in [6.45, 7) is 5.85. The molecule has 0 unspecified atom stereocenters. The van der Waals surface area contributed by atoms with Gasteiger partial charge >= 0.3 is 0 Å². The van der Waals surface area contributed by atoms with Crippen molar-refractivity contribution >= 4 is 18.3 Å². The van der Waals surface area contributed by atoms with Gasteiger partial charge in [-0.15, -0.1) is 5.10 Å². The van der Waals surface area contributed by atoms with E-state index in [1.54, 1.807) is 12.1 Å². The standard InChI is InChI=1S/C22H28F3N5O/c1-26-29-22(31-16-21(24)25)17-8-9-18(20(23)14-17)15-27-10-12-30(2)13-11-28-19-6-4-3-5-7-19/h3-9,14,21,27-28H,1,10-13,15-16H2,2H3/b29-22-. The zero-order valence-corrected chi connectivity index (χ0v) is 17.5. The van der Waals surface area contributed by atoms with E-state index in [2.05, 4.69) is 32.5 Å². The van der Waals surface area contributed by atoms with Gasteiger partial charge in [-0.05, 0) is 31.3 Å². The van der Waals surface area contributed by atoms with Gasteiger partial charge in [-0.25, -0.2) is 13.2 Å². The highest BCUT2D eigenvalue weighted by Crippen LogP contribution is 2.13. The molecule has 0 aliphatic heterocycles. The Morgan fingerprint density at radius 1 is 1.13 bits per heavy atom. The van der Waals surface area contributed by atoms with Gasteiger partial charge in [0.05, 0.1) is 0 Å². The van der Waals surface area contributed by atoms with Crippen LogP contribution in [0.25, 0.3) is 0 Å². The third-order valence-corrected chi connectivity index (χ3v) is 4.39. The predicted octanol–water partition coefficient (Wildman–Crippen LogP) is 3.60. The number of nitrogens with zero attached hydrogens (tertiary/aromatic N) is 3. The molecular formula is C22H28F3N5O. The second kappa shape index (κ2) is 13.4. The quantitative estimate of drug-likeness (QED) is 0.218. The highest BCUT2D eigenvalue weighted by molar-refractivity contribution is 5.94. The van der Waals surface area contributed by atoms with Crippen LogP contribution in [-0.2, 0) is 11.3 Å². The highest BCUT2D eigenvalue weighted by atomic mass is 19.3. The zero-order chi connectivity index (χ0) is 22.5. The largest absolute Gasteiger partial charge is 0.470 e. The van der Waals surface area contributed by atoms with Crippen molar-refractivity contribution in [2.24, 2.45) is 10.2 Å². The molecule has 0 amide bonds. The van der Waals surface area contributed by atoms with Crippen LogP contribution < -0.4 is 10.6 Å². The smallest absolute Gasteiger partial charge is 0.272 e. The number of likely N-dealkylation sites (N-methyl/N-ethyl adjacent to an activating group) is 1. The number of rotatable bonds is 13. The third-order valence-electron chi connectivity index (χ3n) is 4.39. The van der Waals surface area contributed by atoms with E-state index in [1.807, 2.05) is 37.4 Å². The first-order valence-corrected chi connectivity index (χ1v) is 9.91. The van der Waals surface area contributed by atoms with Crippen molar-refractivity contribution in [1.29, 1.82) is 0 Å². The summed E-state index contributed by atoms with van der Waals surface area (Å²) in [5.74, 6) is -0.678. The van der Waals surface area contributed by atoms with Crippen molar-refractivity contribution < 1.29 is 17.9 Å². The maximum Gasteiger partial charge on any atom is 0.272 e. The molecule has 0 aliphatic rings. The first-order valence-electron chi connectivity index (χ1n) is 9.91. The Labute approximate surface area is 180 Å². The van der Waals surface area contributed by atoms with Gasteiger partial charge in [0.15, 0.2) is 6.61 Å². The molecule has 9 heteroatoms. The fourth-order valence-corrected chi connectivity index (χ4v) is 2.75. The molecule has 0 aromatic heterocycles. The lowest BCUT2D eigenvalue weighted by molar-refractivity contribution is 0.0765. The Morgan fingerprint density at radius 3 is 2.55 bits per heavy atom. The Morgan fingerprint density at radius 2 is 1.87 bits per heavy atom. The van der Waals surface area contributed by atoms with Crippen molar-refractivity contribution in [3.63, 3.8) is 0 Å². The highest BCUT2D eigenvalue weighted by Gasteiger charge is 2.12. The third kappa shape index (κ3) is 9.18. The molecule has 0 aliphatic carbocycles. The van der Waals surface area contributed by atoms with Crippen LogP contribution in [0.1, 0.15) is 11.1 Å². The van der Waals surface area contributed by atoms with Crippen molar-refractivity contribution in [1.82, 2.24) is 10.2 Å². The van der Waals surface area contributed by atoms with Crippen LogP contribution in [0.4, 0.5) is 18.9 Å². The summed E-state index contributed by atoms with van der Waals surface area (Å²) in [6.07, 6.45) is -2.67. The number of hydrogen-bond donors (Lipinski definition) is 2. The molecule has 2 N–H and O–H groups in total. The van der Waals surface area contributed by atoms with E-state index in [0.29, 0.717) is 18.7 Å². The fourth-order valence-electron chi connectivity index (χ4n) is 2.75. The monoisotopic (exact) mass is 435 g/mol. The van der Waals surface area contributed by atoms with Crippen molar-refractivity contribution in [3.8, 4) is 0 Å². The number of benzene rings is 2. The molecule has 0 saturated heterocycles. The minimum atomic E-state index is -2.67. The summed E-state index contributed by atoms with van der Waals surface area (Å²) in [7, 11) is 2.03. The number of anilines is 1.